The van der Waals surface area contributed by atoms with Gasteiger partial charge in [-0.2, -0.15) is 0 Å². The summed E-state index contributed by atoms with van der Waals surface area (Å²) in [5.74, 6) is 0. The van der Waals surface area contributed by atoms with Gasteiger partial charge >= 0.3 is 0 Å². The number of hydrogen-bond donors (Lipinski definition) is 0. The van der Waals surface area contributed by atoms with Crippen molar-refractivity contribution in [1.29, 1.82) is 0 Å². The third-order valence-electron chi connectivity index (χ3n) is 3.83. The zero-order valence-electron chi connectivity index (χ0n) is 11.4. The minimum absolute atomic E-state index is 0.191. The van der Waals surface area contributed by atoms with Crippen LogP contribution in [0.4, 0.5) is 0 Å². The molecule has 2 unspecified atom stereocenters. The van der Waals surface area contributed by atoms with Crippen molar-refractivity contribution in [3.8, 4) is 0 Å². The third kappa shape index (κ3) is 4.05. The number of morpholine rings is 1. The average molecular weight is 255 g/mol. The van der Waals surface area contributed by atoms with E-state index in [1.54, 1.807) is 7.11 Å². The van der Waals surface area contributed by atoms with E-state index < -0.39 is 0 Å². The summed E-state index contributed by atoms with van der Waals surface area (Å²) >= 11 is 0. The summed E-state index contributed by atoms with van der Waals surface area (Å²) in [6.07, 6.45) is 3.49. The number of methoxy groups -OCH3 is 1. The second kappa shape index (κ2) is 7.24. The summed E-state index contributed by atoms with van der Waals surface area (Å²) in [4.78, 5) is 2.40. The fourth-order valence-corrected chi connectivity index (χ4v) is 2.63. The van der Waals surface area contributed by atoms with E-state index in [-0.39, 0.29) is 12.2 Å². The van der Waals surface area contributed by atoms with Gasteiger partial charge in [-0.3, -0.25) is 4.90 Å². The molecule has 1 saturated carbocycles. The molecule has 4 nitrogen and oxygen atoms in total. The van der Waals surface area contributed by atoms with Crippen LogP contribution < -0.4 is 0 Å². The van der Waals surface area contributed by atoms with Crippen LogP contribution in [-0.2, 0) is 14.2 Å². The third-order valence-corrected chi connectivity index (χ3v) is 3.83. The van der Waals surface area contributed by atoms with Gasteiger partial charge in [0, 0.05) is 26.7 Å². The highest BCUT2D eigenvalue weighted by Crippen LogP contribution is 2.26. The highest BCUT2D eigenvalue weighted by atomic mass is 16.5. The molecule has 0 N–H and O–H groups in total. The highest BCUT2D eigenvalue weighted by Gasteiger charge is 2.27. The van der Waals surface area contributed by atoms with Gasteiger partial charge < -0.3 is 14.2 Å². The number of nitrogens with zero attached hydrogens (tertiary/aromatic N) is 1. The molecule has 104 valence electrons. The first-order chi connectivity index (χ1) is 8.79. The smallest absolute Gasteiger partial charge is 0.0869 e. The minimum atomic E-state index is 0.191. The summed E-state index contributed by atoms with van der Waals surface area (Å²) in [5.41, 5.74) is 1.29. The Balaban J connectivity index is 1.66. The van der Waals surface area contributed by atoms with E-state index in [2.05, 4.69) is 11.5 Å². The molecule has 0 aromatic heterocycles. The standard InChI is InChI=1S/C14H25NO3/c1-12-3-4-13(14(11-12)16-2)18-10-7-15-5-8-17-9-6-15/h13-14H,1,3-11H2,2H3. The quantitative estimate of drug-likeness (QED) is 0.696. The Morgan fingerprint density at radius 2 is 2.11 bits per heavy atom. The van der Waals surface area contributed by atoms with E-state index in [0.717, 1.165) is 58.7 Å². The van der Waals surface area contributed by atoms with Crippen LogP contribution in [0.3, 0.4) is 0 Å². The van der Waals surface area contributed by atoms with E-state index in [1.165, 1.54) is 5.57 Å². The maximum atomic E-state index is 5.99. The van der Waals surface area contributed by atoms with E-state index in [9.17, 15) is 0 Å². The van der Waals surface area contributed by atoms with Crippen molar-refractivity contribution in [3.63, 3.8) is 0 Å². The van der Waals surface area contributed by atoms with Crippen LogP contribution in [0.1, 0.15) is 19.3 Å². The Labute approximate surface area is 110 Å². The molecule has 1 aliphatic carbocycles. The molecule has 1 heterocycles. The molecule has 0 amide bonds. The van der Waals surface area contributed by atoms with E-state index in [1.807, 2.05) is 0 Å². The van der Waals surface area contributed by atoms with Crippen molar-refractivity contribution in [3.05, 3.63) is 12.2 Å². The average Bonchev–Trinajstić information content (AvgIpc) is 2.41. The van der Waals surface area contributed by atoms with Gasteiger partial charge in [-0.05, 0) is 19.3 Å². The van der Waals surface area contributed by atoms with Gasteiger partial charge in [0.2, 0.25) is 0 Å². The second-order valence-corrected chi connectivity index (χ2v) is 5.13. The van der Waals surface area contributed by atoms with Crippen LogP contribution in [0.25, 0.3) is 0 Å². The van der Waals surface area contributed by atoms with Gasteiger partial charge in [-0.25, -0.2) is 0 Å². The molecule has 0 aromatic rings. The summed E-state index contributed by atoms with van der Waals surface area (Å²) in [6.45, 7) is 9.58. The van der Waals surface area contributed by atoms with E-state index >= 15 is 0 Å². The van der Waals surface area contributed by atoms with Crippen LogP contribution in [-0.4, -0.2) is 63.7 Å². The molecular formula is C14H25NO3. The Morgan fingerprint density at radius 3 is 2.83 bits per heavy atom. The molecular weight excluding hydrogens is 230 g/mol. The lowest BCUT2D eigenvalue weighted by Gasteiger charge is -2.33. The second-order valence-electron chi connectivity index (χ2n) is 5.13. The predicted molar refractivity (Wildman–Crippen MR) is 70.8 cm³/mol. The normalized spacial score (nSPS) is 30.6. The minimum Gasteiger partial charge on any atom is -0.379 e. The van der Waals surface area contributed by atoms with Crippen LogP contribution in [0, 0.1) is 0 Å². The lowest BCUT2D eigenvalue weighted by atomic mass is 9.91. The van der Waals surface area contributed by atoms with Crippen LogP contribution in [0.15, 0.2) is 12.2 Å². The predicted octanol–water partition coefficient (Wildman–Crippen LogP) is 1.46. The first kappa shape index (κ1) is 14.0. The Bertz CT molecular complexity index is 264. The lowest BCUT2D eigenvalue weighted by Crippen LogP contribution is -2.40. The first-order valence-electron chi connectivity index (χ1n) is 6.90. The van der Waals surface area contributed by atoms with Crippen molar-refractivity contribution in [2.75, 3.05) is 46.6 Å². The highest BCUT2D eigenvalue weighted by molar-refractivity contribution is 5.03. The monoisotopic (exact) mass is 255 g/mol. The van der Waals surface area contributed by atoms with Gasteiger partial charge in [-0.15, -0.1) is 0 Å². The maximum Gasteiger partial charge on any atom is 0.0869 e. The van der Waals surface area contributed by atoms with Gasteiger partial charge in [0.15, 0.2) is 0 Å². The molecule has 2 fully saturated rings. The molecule has 2 atom stereocenters. The summed E-state index contributed by atoms with van der Waals surface area (Å²) in [7, 11) is 1.77. The van der Waals surface area contributed by atoms with Gasteiger partial charge in [0.25, 0.3) is 0 Å². The number of rotatable bonds is 5. The molecule has 0 radical (unpaired) electrons. The first-order valence-corrected chi connectivity index (χ1v) is 6.90. The Kier molecular flexibility index (Phi) is 5.63. The number of hydrogen-bond acceptors (Lipinski definition) is 4. The Morgan fingerprint density at radius 1 is 1.33 bits per heavy atom. The molecule has 0 aromatic carbocycles. The van der Waals surface area contributed by atoms with Gasteiger partial charge in [0.05, 0.1) is 32.0 Å². The van der Waals surface area contributed by atoms with E-state index in [4.69, 9.17) is 14.2 Å². The molecule has 0 spiro atoms. The molecule has 2 aliphatic rings. The maximum absolute atomic E-state index is 5.99. The molecule has 0 bridgehead atoms. The van der Waals surface area contributed by atoms with E-state index in [0.29, 0.717) is 0 Å². The molecule has 1 aliphatic heterocycles. The van der Waals surface area contributed by atoms with Crippen molar-refractivity contribution < 1.29 is 14.2 Å². The fraction of sp³-hybridized carbons (Fsp3) is 0.857. The van der Waals surface area contributed by atoms with Crippen LogP contribution in [0.2, 0.25) is 0 Å². The molecule has 1 saturated heterocycles. The lowest BCUT2D eigenvalue weighted by molar-refractivity contribution is -0.0750. The fourth-order valence-electron chi connectivity index (χ4n) is 2.63. The topological polar surface area (TPSA) is 30.9 Å². The Hall–Kier alpha value is -0.420. The summed E-state index contributed by atoms with van der Waals surface area (Å²) in [5, 5.41) is 0. The summed E-state index contributed by atoms with van der Waals surface area (Å²) < 4.78 is 16.8. The molecule has 2 rings (SSSR count). The van der Waals surface area contributed by atoms with Crippen LogP contribution in [0.5, 0.6) is 0 Å². The van der Waals surface area contributed by atoms with Gasteiger partial charge in [0.1, 0.15) is 0 Å². The van der Waals surface area contributed by atoms with Crippen molar-refractivity contribution >= 4 is 0 Å². The van der Waals surface area contributed by atoms with Crippen LogP contribution >= 0.6 is 0 Å². The van der Waals surface area contributed by atoms with Crippen molar-refractivity contribution in [2.24, 2.45) is 0 Å². The van der Waals surface area contributed by atoms with Gasteiger partial charge in [-0.1, -0.05) is 12.2 Å². The zero-order chi connectivity index (χ0) is 12.8. The number of ether oxygens (including phenoxy) is 3. The van der Waals surface area contributed by atoms with Crippen molar-refractivity contribution in [1.82, 2.24) is 4.90 Å². The SMILES string of the molecule is C=C1CCC(OCCN2CCOCC2)C(OC)C1. The zero-order valence-corrected chi connectivity index (χ0v) is 11.4. The largest absolute Gasteiger partial charge is 0.379 e. The summed E-state index contributed by atoms with van der Waals surface area (Å²) in [6, 6.07) is 0. The molecule has 18 heavy (non-hydrogen) atoms. The molecule has 4 heteroatoms. The van der Waals surface area contributed by atoms with Crippen molar-refractivity contribution in [2.45, 2.75) is 31.5 Å².